The lowest BCUT2D eigenvalue weighted by molar-refractivity contribution is 0.187. The van der Waals surface area contributed by atoms with Gasteiger partial charge in [-0.2, -0.15) is 0 Å². The molecule has 0 spiro atoms. The van der Waals surface area contributed by atoms with Crippen LogP contribution in [0.2, 0.25) is 0 Å². The molecule has 0 bridgehead atoms. The van der Waals surface area contributed by atoms with E-state index in [9.17, 15) is 5.11 Å². The zero-order chi connectivity index (χ0) is 17.7. The first-order chi connectivity index (χ1) is 11.4. The van der Waals surface area contributed by atoms with Gasteiger partial charge in [0, 0.05) is 19.6 Å². The van der Waals surface area contributed by atoms with Crippen LogP contribution in [0, 0.1) is 11.8 Å². The van der Waals surface area contributed by atoms with Gasteiger partial charge in [0.05, 0.1) is 18.3 Å². The number of hydrogen-bond donors (Lipinski definition) is 1. The van der Waals surface area contributed by atoms with Gasteiger partial charge in [0.1, 0.15) is 5.69 Å². The van der Waals surface area contributed by atoms with Crippen molar-refractivity contribution in [3.63, 3.8) is 0 Å². The molecule has 2 heterocycles. The number of rotatable bonds is 7. The van der Waals surface area contributed by atoms with E-state index in [2.05, 4.69) is 49.0 Å². The summed E-state index contributed by atoms with van der Waals surface area (Å²) < 4.78 is 1.94. The summed E-state index contributed by atoms with van der Waals surface area (Å²) >= 11 is 0. The monoisotopic (exact) mass is 334 g/mol. The van der Waals surface area contributed by atoms with Crippen molar-refractivity contribution >= 4 is 0 Å². The zero-order valence-corrected chi connectivity index (χ0v) is 15.9. The highest BCUT2D eigenvalue weighted by Gasteiger charge is 2.23. The van der Waals surface area contributed by atoms with Gasteiger partial charge in [-0.1, -0.05) is 44.6 Å². The van der Waals surface area contributed by atoms with Crippen molar-refractivity contribution in [2.75, 3.05) is 19.6 Å². The minimum atomic E-state index is -0.543. The molecule has 5 nitrogen and oxygen atoms in total. The lowest BCUT2D eigenvalue weighted by Crippen LogP contribution is -2.36. The molecule has 1 aliphatic rings. The molecule has 5 heteroatoms. The van der Waals surface area contributed by atoms with Crippen molar-refractivity contribution in [1.29, 1.82) is 0 Å². The fraction of sp³-hybridized carbons (Fsp3) is 0.789. The third-order valence-corrected chi connectivity index (χ3v) is 4.89. The van der Waals surface area contributed by atoms with Crippen LogP contribution in [-0.4, -0.2) is 44.6 Å². The van der Waals surface area contributed by atoms with E-state index in [1.807, 2.05) is 10.9 Å². The largest absolute Gasteiger partial charge is 0.387 e. The molecule has 1 N–H and O–H groups in total. The maximum Gasteiger partial charge on any atom is 0.111 e. The molecule has 1 aromatic rings. The van der Waals surface area contributed by atoms with Crippen LogP contribution in [-0.2, 0) is 0 Å². The van der Waals surface area contributed by atoms with Crippen LogP contribution >= 0.6 is 0 Å². The number of allylic oxidation sites excluding steroid dienone is 1. The first-order valence-electron chi connectivity index (χ1n) is 9.37. The predicted molar refractivity (Wildman–Crippen MR) is 97.7 cm³/mol. The van der Waals surface area contributed by atoms with Crippen molar-refractivity contribution in [2.24, 2.45) is 11.8 Å². The average Bonchev–Trinajstić information content (AvgIpc) is 3.01. The van der Waals surface area contributed by atoms with Gasteiger partial charge in [-0.05, 0) is 38.0 Å². The molecule has 24 heavy (non-hydrogen) atoms. The van der Waals surface area contributed by atoms with Crippen molar-refractivity contribution in [3.8, 4) is 0 Å². The van der Waals surface area contributed by atoms with E-state index in [4.69, 9.17) is 0 Å². The van der Waals surface area contributed by atoms with Gasteiger partial charge in [-0.25, -0.2) is 4.68 Å². The van der Waals surface area contributed by atoms with Gasteiger partial charge >= 0.3 is 0 Å². The van der Waals surface area contributed by atoms with Crippen LogP contribution in [0.3, 0.4) is 0 Å². The van der Waals surface area contributed by atoms with Crippen LogP contribution in [0.5, 0.6) is 0 Å². The molecular formula is C19H34N4O. The van der Waals surface area contributed by atoms with Gasteiger partial charge in [-0.15, -0.1) is 5.10 Å². The Morgan fingerprint density at radius 2 is 1.92 bits per heavy atom. The number of likely N-dealkylation sites (tertiary alicyclic amines) is 1. The second-order valence-corrected chi connectivity index (χ2v) is 7.87. The van der Waals surface area contributed by atoms with Gasteiger partial charge < -0.3 is 5.11 Å². The Bertz CT molecular complexity index is 525. The fourth-order valence-corrected chi connectivity index (χ4v) is 3.13. The summed E-state index contributed by atoms with van der Waals surface area (Å²) in [5.74, 6) is 1.34. The quantitative estimate of drug-likeness (QED) is 0.774. The van der Waals surface area contributed by atoms with E-state index in [0.29, 0.717) is 17.7 Å². The molecule has 1 aliphatic heterocycles. The van der Waals surface area contributed by atoms with E-state index in [1.165, 1.54) is 6.42 Å². The van der Waals surface area contributed by atoms with Crippen LogP contribution < -0.4 is 0 Å². The Labute approximate surface area is 146 Å². The molecule has 1 saturated heterocycles. The van der Waals surface area contributed by atoms with Gasteiger partial charge in [0.15, 0.2) is 0 Å². The summed E-state index contributed by atoms with van der Waals surface area (Å²) in [5.41, 5.74) is 2.23. The fourth-order valence-electron chi connectivity index (χ4n) is 3.13. The first kappa shape index (κ1) is 19.1. The highest BCUT2D eigenvalue weighted by Crippen LogP contribution is 2.24. The lowest BCUT2D eigenvalue weighted by Gasteiger charge is -2.33. The third-order valence-electron chi connectivity index (χ3n) is 4.89. The molecular weight excluding hydrogens is 300 g/mol. The number of aliphatic hydroxyl groups is 1. The molecule has 0 amide bonds. The van der Waals surface area contributed by atoms with Gasteiger partial charge in [0.2, 0.25) is 0 Å². The molecule has 1 atom stereocenters. The highest BCUT2D eigenvalue weighted by atomic mass is 16.3. The molecule has 0 aliphatic carbocycles. The smallest absolute Gasteiger partial charge is 0.111 e. The maximum absolute atomic E-state index is 9.59. The minimum Gasteiger partial charge on any atom is -0.387 e. The Hall–Kier alpha value is -1.20. The topological polar surface area (TPSA) is 54.2 Å². The number of hydrogen-bond acceptors (Lipinski definition) is 4. The first-order valence-corrected chi connectivity index (χ1v) is 9.37. The van der Waals surface area contributed by atoms with Crippen molar-refractivity contribution < 1.29 is 5.11 Å². The summed E-state index contributed by atoms with van der Waals surface area (Å²) in [6.45, 7) is 14.2. The molecule has 0 aromatic carbocycles. The second-order valence-electron chi connectivity index (χ2n) is 7.87. The standard InChI is InChI=1S/C19H34N4O/c1-14(2)6-7-17(15(3)4)12-22-10-8-18(9-11-22)23-13-19(16(5)24)20-21-23/h7,13-16,18,24H,6,8-12H2,1-5H3/b17-7-. The molecule has 1 aromatic heterocycles. The second kappa shape index (κ2) is 8.77. The summed E-state index contributed by atoms with van der Waals surface area (Å²) in [5, 5.41) is 17.9. The van der Waals surface area contributed by atoms with Gasteiger partial charge in [0.25, 0.3) is 0 Å². The van der Waals surface area contributed by atoms with E-state index in [-0.39, 0.29) is 0 Å². The number of aliphatic hydroxyl groups excluding tert-OH is 1. The van der Waals surface area contributed by atoms with E-state index in [0.717, 1.165) is 38.4 Å². The van der Waals surface area contributed by atoms with E-state index >= 15 is 0 Å². The Kier molecular flexibility index (Phi) is 6.99. The molecule has 1 unspecified atom stereocenters. The highest BCUT2D eigenvalue weighted by molar-refractivity contribution is 5.08. The SMILES string of the molecule is CC(C)C/C=C(/CN1CCC(n2cc(C(C)O)nn2)CC1)C(C)C. The maximum atomic E-state index is 9.59. The van der Waals surface area contributed by atoms with E-state index in [1.54, 1.807) is 12.5 Å². The summed E-state index contributed by atoms with van der Waals surface area (Å²) in [6, 6.07) is 0.406. The Morgan fingerprint density at radius 1 is 1.25 bits per heavy atom. The van der Waals surface area contributed by atoms with Crippen molar-refractivity contribution in [3.05, 3.63) is 23.5 Å². The van der Waals surface area contributed by atoms with Crippen LogP contribution in [0.25, 0.3) is 0 Å². The molecule has 0 saturated carbocycles. The number of nitrogens with zero attached hydrogens (tertiary/aromatic N) is 4. The predicted octanol–water partition coefficient (Wildman–Crippen LogP) is 3.60. The Balaban J connectivity index is 1.88. The molecule has 136 valence electrons. The number of piperidine rings is 1. The number of aromatic nitrogens is 3. The van der Waals surface area contributed by atoms with Crippen molar-refractivity contribution in [2.45, 2.75) is 66.0 Å². The summed E-state index contributed by atoms with van der Waals surface area (Å²) in [4.78, 5) is 2.56. The molecule has 1 fully saturated rings. The Morgan fingerprint density at radius 3 is 2.42 bits per heavy atom. The zero-order valence-electron chi connectivity index (χ0n) is 15.9. The summed E-state index contributed by atoms with van der Waals surface area (Å²) in [6.07, 6.45) is 7.17. The third kappa shape index (κ3) is 5.42. The molecule has 0 radical (unpaired) electrons. The van der Waals surface area contributed by atoms with Crippen LogP contribution in [0.1, 0.15) is 71.7 Å². The van der Waals surface area contributed by atoms with Gasteiger partial charge in [-0.3, -0.25) is 4.90 Å². The summed E-state index contributed by atoms with van der Waals surface area (Å²) in [7, 11) is 0. The van der Waals surface area contributed by atoms with E-state index < -0.39 is 6.10 Å². The molecule has 2 rings (SSSR count). The average molecular weight is 335 g/mol. The lowest BCUT2D eigenvalue weighted by atomic mass is 9.97. The van der Waals surface area contributed by atoms with Crippen LogP contribution in [0.4, 0.5) is 0 Å². The van der Waals surface area contributed by atoms with Crippen LogP contribution in [0.15, 0.2) is 17.8 Å². The normalized spacial score (nSPS) is 19.4. The van der Waals surface area contributed by atoms with Crippen molar-refractivity contribution in [1.82, 2.24) is 19.9 Å². The minimum absolute atomic E-state index is 0.406.